The van der Waals surface area contributed by atoms with E-state index in [1.165, 1.54) is 12.8 Å². The van der Waals surface area contributed by atoms with Crippen molar-refractivity contribution in [3.8, 4) is 0 Å². The molecule has 5 nitrogen and oxygen atoms in total. The lowest BCUT2D eigenvalue weighted by atomic mass is 10.1. The first-order chi connectivity index (χ1) is 7.00. The Kier molecular flexibility index (Phi) is 2.42. The second-order valence-electron chi connectivity index (χ2n) is 4.88. The Morgan fingerprint density at radius 1 is 1.47 bits per heavy atom. The van der Waals surface area contributed by atoms with Gasteiger partial charge in [-0.1, -0.05) is 12.8 Å². The molecule has 5 heteroatoms. The molecule has 0 aromatic carbocycles. The van der Waals surface area contributed by atoms with Crippen LogP contribution in [0.2, 0.25) is 0 Å². The maximum absolute atomic E-state index is 11.7. The van der Waals surface area contributed by atoms with E-state index in [1.807, 2.05) is 13.8 Å². The third kappa shape index (κ3) is 1.84. The fraction of sp³-hybridized carbons (Fsp3) is 0.800. The van der Waals surface area contributed by atoms with Crippen molar-refractivity contribution in [2.75, 3.05) is 0 Å². The lowest BCUT2D eigenvalue weighted by Gasteiger charge is -2.21. The van der Waals surface area contributed by atoms with Gasteiger partial charge in [0, 0.05) is 6.04 Å². The molecule has 0 radical (unpaired) electrons. The summed E-state index contributed by atoms with van der Waals surface area (Å²) >= 11 is 0. The van der Waals surface area contributed by atoms with E-state index in [0.717, 1.165) is 12.8 Å². The maximum Gasteiger partial charge on any atom is 0.343 e. The highest BCUT2D eigenvalue weighted by atomic mass is 16.1. The summed E-state index contributed by atoms with van der Waals surface area (Å²) in [6.45, 7) is 3.74. The van der Waals surface area contributed by atoms with Crippen molar-refractivity contribution in [1.82, 2.24) is 14.8 Å². The number of nitrogens with zero attached hydrogens (tertiary/aromatic N) is 2. The van der Waals surface area contributed by atoms with E-state index in [1.54, 1.807) is 4.57 Å². The van der Waals surface area contributed by atoms with E-state index >= 15 is 0 Å². The Bertz CT molecular complexity index is 392. The van der Waals surface area contributed by atoms with Crippen LogP contribution in [-0.4, -0.2) is 14.8 Å². The molecule has 1 aromatic heterocycles. The van der Waals surface area contributed by atoms with Crippen molar-refractivity contribution in [2.45, 2.75) is 51.1 Å². The zero-order valence-electron chi connectivity index (χ0n) is 9.29. The van der Waals surface area contributed by atoms with Crippen LogP contribution < -0.4 is 11.4 Å². The van der Waals surface area contributed by atoms with Crippen LogP contribution >= 0.6 is 0 Å². The minimum atomic E-state index is -0.568. The van der Waals surface area contributed by atoms with Crippen LogP contribution in [0.4, 0.5) is 0 Å². The first kappa shape index (κ1) is 10.4. The van der Waals surface area contributed by atoms with Crippen LogP contribution in [0.1, 0.15) is 51.4 Å². The van der Waals surface area contributed by atoms with Crippen LogP contribution in [0.5, 0.6) is 0 Å². The zero-order valence-corrected chi connectivity index (χ0v) is 9.29. The van der Waals surface area contributed by atoms with Crippen molar-refractivity contribution in [1.29, 1.82) is 0 Å². The minimum Gasteiger partial charge on any atom is -0.319 e. The highest BCUT2D eigenvalue weighted by Crippen LogP contribution is 2.30. The van der Waals surface area contributed by atoms with Crippen molar-refractivity contribution in [2.24, 2.45) is 5.73 Å². The lowest BCUT2D eigenvalue weighted by Crippen LogP contribution is -2.35. The maximum atomic E-state index is 11.7. The number of hydrogen-bond acceptors (Lipinski definition) is 3. The van der Waals surface area contributed by atoms with E-state index in [-0.39, 0.29) is 11.7 Å². The number of aromatic amines is 1. The molecule has 0 unspecified atom stereocenters. The summed E-state index contributed by atoms with van der Waals surface area (Å²) in [4.78, 5) is 11.7. The van der Waals surface area contributed by atoms with Gasteiger partial charge in [-0.2, -0.15) is 5.10 Å². The average Bonchev–Trinajstić information content (AvgIpc) is 2.69. The SMILES string of the molecule is CC(C)(N)c1n[nH]c(=O)n1C1CCCC1. The number of nitrogens with one attached hydrogen (secondary N) is 1. The number of rotatable bonds is 2. The van der Waals surface area contributed by atoms with Gasteiger partial charge >= 0.3 is 5.69 Å². The second-order valence-corrected chi connectivity index (χ2v) is 4.88. The molecule has 1 saturated carbocycles. The molecule has 1 aliphatic carbocycles. The van der Waals surface area contributed by atoms with E-state index in [2.05, 4.69) is 10.2 Å². The molecule has 1 aliphatic rings. The van der Waals surface area contributed by atoms with Crippen molar-refractivity contribution >= 4 is 0 Å². The molecule has 0 aliphatic heterocycles. The van der Waals surface area contributed by atoms with E-state index in [9.17, 15) is 4.79 Å². The van der Waals surface area contributed by atoms with Crippen LogP contribution in [0.15, 0.2) is 4.79 Å². The highest BCUT2D eigenvalue weighted by molar-refractivity contribution is 5.03. The predicted octanol–water partition coefficient (Wildman–Crippen LogP) is 0.880. The van der Waals surface area contributed by atoms with Gasteiger partial charge in [-0.05, 0) is 26.7 Å². The predicted molar refractivity (Wildman–Crippen MR) is 57.6 cm³/mol. The normalized spacial score (nSPS) is 18.6. The van der Waals surface area contributed by atoms with Gasteiger partial charge in [0.2, 0.25) is 0 Å². The zero-order chi connectivity index (χ0) is 11.1. The van der Waals surface area contributed by atoms with Gasteiger partial charge in [-0.3, -0.25) is 4.57 Å². The highest BCUT2D eigenvalue weighted by Gasteiger charge is 2.28. The number of nitrogens with two attached hydrogens (primary N) is 1. The molecule has 0 amide bonds. The largest absolute Gasteiger partial charge is 0.343 e. The summed E-state index contributed by atoms with van der Waals surface area (Å²) in [6.07, 6.45) is 4.49. The summed E-state index contributed by atoms with van der Waals surface area (Å²) in [5, 5.41) is 6.53. The van der Waals surface area contributed by atoms with Gasteiger partial charge in [-0.25, -0.2) is 9.89 Å². The van der Waals surface area contributed by atoms with E-state index in [4.69, 9.17) is 5.73 Å². The summed E-state index contributed by atoms with van der Waals surface area (Å²) in [7, 11) is 0. The smallest absolute Gasteiger partial charge is 0.319 e. The van der Waals surface area contributed by atoms with Crippen LogP contribution in [0, 0.1) is 0 Å². The molecular weight excluding hydrogens is 192 g/mol. The quantitative estimate of drug-likeness (QED) is 0.760. The molecule has 84 valence electrons. The second kappa shape index (κ2) is 3.48. The molecular formula is C10H18N4O. The number of aromatic nitrogens is 3. The van der Waals surface area contributed by atoms with Crippen LogP contribution in [-0.2, 0) is 5.54 Å². The molecule has 0 spiro atoms. The van der Waals surface area contributed by atoms with E-state index < -0.39 is 5.54 Å². The van der Waals surface area contributed by atoms with Crippen molar-refractivity contribution in [3.05, 3.63) is 16.3 Å². The van der Waals surface area contributed by atoms with Gasteiger partial charge in [0.25, 0.3) is 0 Å². The minimum absolute atomic E-state index is 0.129. The van der Waals surface area contributed by atoms with Crippen molar-refractivity contribution < 1.29 is 0 Å². The molecule has 1 fully saturated rings. The fourth-order valence-electron chi connectivity index (χ4n) is 2.26. The summed E-state index contributed by atoms with van der Waals surface area (Å²) in [6, 6.07) is 0.286. The third-order valence-electron chi connectivity index (χ3n) is 2.97. The Hall–Kier alpha value is -1.10. The van der Waals surface area contributed by atoms with Crippen LogP contribution in [0.25, 0.3) is 0 Å². The van der Waals surface area contributed by atoms with E-state index in [0.29, 0.717) is 5.82 Å². The molecule has 1 aromatic rings. The third-order valence-corrected chi connectivity index (χ3v) is 2.97. The molecule has 0 bridgehead atoms. The molecule has 15 heavy (non-hydrogen) atoms. The van der Waals surface area contributed by atoms with Gasteiger partial charge in [0.15, 0.2) is 5.82 Å². The average molecular weight is 210 g/mol. The summed E-state index contributed by atoms with van der Waals surface area (Å²) in [5.74, 6) is 0.666. The molecule has 2 rings (SSSR count). The molecule has 1 heterocycles. The van der Waals surface area contributed by atoms with Gasteiger partial charge in [-0.15, -0.1) is 0 Å². The standard InChI is InChI=1S/C10H18N4O/c1-10(2,11)8-12-13-9(15)14(8)7-5-3-4-6-7/h7H,3-6,11H2,1-2H3,(H,13,15). The molecule has 3 N–H and O–H groups in total. The van der Waals surface area contributed by atoms with Crippen molar-refractivity contribution in [3.63, 3.8) is 0 Å². The monoisotopic (exact) mass is 210 g/mol. The topological polar surface area (TPSA) is 76.7 Å². The van der Waals surface area contributed by atoms with Crippen LogP contribution in [0.3, 0.4) is 0 Å². The molecule has 0 saturated heterocycles. The Balaban J connectivity index is 2.44. The van der Waals surface area contributed by atoms with Gasteiger partial charge in [0.05, 0.1) is 5.54 Å². The Morgan fingerprint density at radius 3 is 2.60 bits per heavy atom. The summed E-state index contributed by atoms with van der Waals surface area (Å²) < 4.78 is 1.74. The fourth-order valence-corrected chi connectivity index (χ4v) is 2.26. The molecule has 0 atom stereocenters. The Labute approximate surface area is 88.7 Å². The van der Waals surface area contributed by atoms with Gasteiger partial charge < -0.3 is 5.73 Å². The lowest BCUT2D eigenvalue weighted by molar-refractivity contribution is 0.417. The summed E-state index contributed by atoms with van der Waals surface area (Å²) in [5.41, 5.74) is 5.30. The first-order valence-electron chi connectivity index (χ1n) is 5.46. The Morgan fingerprint density at radius 2 is 2.07 bits per heavy atom. The number of H-pyrrole nitrogens is 1. The van der Waals surface area contributed by atoms with Gasteiger partial charge in [0.1, 0.15) is 0 Å². The first-order valence-corrected chi connectivity index (χ1v) is 5.46. The number of hydrogen-bond donors (Lipinski definition) is 2.